The Morgan fingerprint density at radius 3 is 2.65 bits per heavy atom. The number of hydrogen-bond acceptors (Lipinski definition) is 10. The molecule has 1 aromatic carbocycles. The van der Waals surface area contributed by atoms with E-state index in [0.29, 0.717) is 28.9 Å². The van der Waals surface area contributed by atoms with Crippen molar-refractivity contribution in [2.24, 2.45) is 0 Å². The van der Waals surface area contributed by atoms with Crippen molar-refractivity contribution in [3.63, 3.8) is 0 Å². The molecule has 2 aromatic heterocycles. The molecule has 0 saturated heterocycles. The summed E-state index contributed by atoms with van der Waals surface area (Å²) in [5, 5.41) is 0.322. The molecule has 11 nitrogen and oxygen atoms in total. The Balaban J connectivity index is 1.86. The van der Waals surface area contributed by atoms with Crippen LogP contribution in [0.4, 0.5) is 4.79 Å². The summed E-state index contributed by atoms with van der Waals surface area (Å²) in [5.74, 6) is 0.926. The number of fused-ring (bicyclic) bond motifs is 1. The van der Waals surface area contributed by atoms with Crippen LogP contribution >= 0.6 is 11.5 Å². The van der Waals surface area contributed by atoms with Crippen LogP contribution in [0.25, 0.3) is 5.95 Å². The highest BCUT2D eigenvalue weighted by atomic mass is 32.1. The maximum Gasteiger partial charge on any atom is 0.411 e. The molecule has 1 aliphatic heterocycles. The number of rotatable bonds is 9. The van der Waals surface area contributed by atoms with E-state index in [2.05, 4.69) is 14.3 Å². The molecule has 4 rings (SSSR count). The molecular formula is C25H31N5O6S. The van der Waals surface area contributed by atoms with Crippen LogP contribution in [-0.4, -0.2) is 54.9 Å². The summed E-state index contributed by atoms with van der Waals surface area (Å²) >= 11 is 1.04. The molecule has 0 bridgehead atoms. The fraction of sp³-hybridized carbons (Fsp3) is 0.480. The van der Waals surface area contributed by atoms with Crippen LogP contribution in [0.15, 0.2) is 36.9 Å². The first-order valence-electron chi connectivity index (χ1n) is 12.1. The van der Waals surface area contributed by atoms with Crippen LogP contribution in [0.5, 0.6) is 11.5 Å². The van der Waals surface area contributed by atoms with Gasteiger partial charge in [-0.05, 0) is 63.3 Å². The van der Waals surface area contributed by atoms with Crippen LogP contribution in [0.2, 0.25) is 0 Å². The van der Waals surface area contributed by atoms with Crippen LogP contribution in [0, 0.1) is 0 Å². The summed E-state index contributed by atoms with van der Waals surface area (Å²) in [6.45, 7) is 9.26. The average Bonchev–Trinajstić information content (AvgIpc) is 3.61. The third kappa shape index (κ3) is 5.53. The average molecular weight is 530 g/mol. The van der Waals surface area contributed by atoms with Gasteiger partial charge in [0.25, 0.3) is 0 Å². The first-order valence-corrected chi connectivity index (χ1v) is 12.8. The van der Waals surface area contributed by atoms with Crippen molar-refractivity contribution in [1.82, 2.24) is 23.8 Å². The summed E-state index contributed by atoms with van der Waals surface area (Å²) in [6, 6.07) is 5.39. The van der Waals surface area contributed by atoms with Crippen LogP contribution < -0.4 is 9.47 Å². The highest BCUT2D eigenvalue weighted by molar-refractivity contribution is 7.05. The molecule has 0 radical (unpaired) electrons. The van der Waals surface area contributed by atoms with E-state index in [1.54, 1.807) is 63.1 Å². The van der Waals surface area contributed by atoms with Gasteiger partial charge in [0.1, 0.15) is 11.9 Å². The summed E-state index contributed by atoms with van der Waals surface area (Å²) in [4.78, 5) is 37.8. The van der Waals surface area contributed by atoms with Gasteiger partial charge in [-0.1, -0.05) is 19.4 Å². The van der Waals surface area contributed by atoms with E-state index >= 15 is 0 Å². The van der Waals surface area contributed by atoms with E-state index in [1.165, 1.54) is 4.90 Å². The zero-order valence-corrected chi connectivity index (χ0v) is 22.4. The van der Waals surface area contributed by atoms with Gasteiger partial charge >= 0.3 is 12.1 Å². The van der Waals surface area contributed by atoms with Gasteiger partial charge < -0.3 is 18.9 Å². The zero-order chi connectivity index (χ0) is 26.6. The summed E-state index contributed by atoms with van der Waals surface area (Å²) in [6.07, 6.45) is 5.00. The summed E-state index contributed by atoms with van der Waals surface area (Å²) < 4.78 is 28.4. The Bertz CT molecular complexity index is 1240. The second kappa shape index (κ2) is 10.8. The standard InChI is InChI=1S/C25H31N5O6S/c1-6-10-25(21(31)33-7-2,20-27-22(28-37-20)29-12-11-26-15-29)30(23(32)36-24(3,4)5)14-17-8-9-18-19(13-17)35-16-34-18/h8-9,11-13,15H,6-7,10,14,16H2,1-5H3. The molecule has 3 heterocycles. The maximum absolute atomic E-state index is 13.8. The van der Waals surface area contributed by atoms with Crippen LogP contribution in [0.3, 0.4) is 0 Å². The number of carbonyl (C=O) groups excluding carboxylic acids is 2. The Hall–Kier alpha value is -3.67. The maximum atomic E-state index is 13.8. The molecule has 198 valence electrons. The summed E-state index contributed by atoms with van der Waals surface area (Å²) in [5.41, 5.74) is -1.67. The third-order valence-electron chi connectivity index (χ3n) is 5.58. The minimum absolute atomic E-state index is 0.0321. The minimum Gasteiger partial charge on any atom is -0.464 e. The van der Waals surface area contributed by atoms with Crippen LogP contribution in [0.1, 0.15) is 58.0 Å². The van der Waals surface area contributed by atoms with Gasteiger partial charge in [0.2, 0.25) is 12.7 Å². The van der Waals surface area contributed by atoms with Gasteiger partial charge in [-0.2, -0.15) is 4.37 Å². The van der Waals surface area contributed by atoms with Crippen molar-refractivity contribution in [3.8, 4) is 17.4 Å². The van der Waals surface area contributed by atoms with E-state index in [-0.39, 0.29) is 26.4 Å². The van der Waals surface area contributed by atoms with Crippen molar-refractivity contribution < 1.29 is 28.5 Å². The number of nitrogens with zero attached hydrogens (tertiary/aromatic N) is 5. The van der Waals surface area contributed by atoms with E-state index in [0.717, 1.165) is 17.1 Å². The molecule has 0 fully saturated rings. The first-order chi connectivity index (χ1) is 17.7. The van der Waals surface area contributed by atoms with E-state index < -0.39 is 23.2 Å². The molecular weight excluding hydrogens is 498 g/mol. The fourth-order valence-electron chi connectivity index (χ4n) is 4.03. The number of carbonyl (C=O) groups is 2. The molecule has 1 atom stereocenters. The summed E-state index contributed by atoms with van der Waals surface area (Å²) in [7, 11) is 0. The highest BCUT2D eigenvalue weighted by Crippen LogP contribution is 2.40. The van der Waals surface area contributed by atoms with Crippen molar-refractivity contribution in [3.05, 3.63) is 47.5 Å². The molecule has 1 amide bonds. The zero-order valence-electron chi connectivity index (χ0n) is 21.6. The fourth-order valence-corrected chi connectivity index (χ4v) is 4.90. The number of esters is 1. The van der Waals surface area contributed by atoms with Crippen molar-refractivity contribution in [1.29, 1.82) is 0 Å². The number of imidazole rings is 1. The number of hydrogen-bond donors (Lipinski definition) is 0. The Kier molecular flexibility index (Phi) is 7.67. The topological polar surface area (TPSA) is 118 Å². The smallest absolute Gasteiger partial charge is 0.411 e. The number of ether oxygens (including phenoxy) is 4. The third-order valence-corrected chi connectivity index (χ3v) is 6.44. The molecule has 37 heavy (non-hydrogen) atoms. The predicted molar refractivity (Wildman–Crippen MR) is 135 cm³/mol. The molecule has 1 aliphatic rings. The molecule has 1 unspecified atom stereocenters. The lowest BCUT2D eigenvalue weighted by Crippen LogP contribution is -2.56. The number of amides is 1. The van der Waals surface area contributed by atoms with Crippen molar-refractivity contribution in [2.45, 2.75) is 65.1 Å². The number of benzene rings is 1. The Labute approximate surface area is 219 Å². The highest BCUT2D eigenvalue weighted by Gasteiger charge is 2.53. The van der Waals surface area contributed by atoms with E-state index in [1.807, 2.05) is 13.0 Å². The van der Waals surface area contributed by atoms with Gasteiger partial charge in [0.05, 0.1) is 13.2 Å². The molecule has 0 aliphatic carbocycles. The molecule has 0 N–H and O–H groups in total. The number of aromatic nitrogens is 4. The van der Waals surface area contributed by atoms with Crippen molar-refractivity contribution in [2.75, 3.05) is 13.4 Å². The molecule has 0 saturated carbocycles. The van der Waals surface area contributed by atoms with Gasteiger partial charge in [-0.15, -0.1) is 0 Å². The van der Waals surface area contributed by atoms with Gasteiger partial charge in [-0.25, -0.2) is 19.6 Å². The second-order valence-corrected chi connectivity index (χ2v) is 10.2. The molecule has 3 aromatic rings. The monoisotopic (exact) mass is 529 g/mol. The lowest BCUT2D eigenvalue weighted by molar-refractivity contribution is -0.160. The van der Waals surface area contributed by atoms with Crippen LogP contribution in [-0.2, 0) is 26.4 Å². The lowest BCUT2D eigenvalue weighted by atomic mass is 9.91. The van der Waals surface area contributed by atoms with Gasteiger partial charge in [0.15, 0.2) is 22.0 Å². The van der Waals surface area contributed by atoms with E-state index in [9.17, 15) is 9.59 Å². The van der Waals surface area contributed by atoms with Gasteiger partial charge in [0, 0.05) is 12.4 Å². The largest absolute Gasteiger partial charge is 0.464 e. The first kappa shape index (κ1) is 26.4. The van der Waals surface area contributed by atoms with E-state index in [4.69, 9.17) is 18.9 Å². The second-order valence-electron chi connectivity index (χ2n) is 9.45. The molecule has 0 spiro atoms. The van der Waals surface area contributed by atoms with Crippen molar-refractivity contribution >= 4 is 23.6 Å². The quantitative estimate of drug-likeness (QED) is 0.371. The normalized spacial score (nSPS) is 14.2. The van der Waals surface area contributed by atoms with Gasteiger partial charge in [-0.3, -0.25) is 9.47 Å². The predicted octanol–water partition coefficient (Wildman–Crippen LogP) is 4.45. The Morgan fingerprint density at radius 2 is 1.97 bits per heavy atom. The SMILES string of the molecule is CCCC(C(=O)OCC)(c1nc(-n2ccnc2)ns1)N(Cc1ccc2c(c1)OCO2)C(=O)OC(C)(C)C. The molecule has 12 heteroatoms. The minimum atomic E-state index is -1.58. The Morgan fingerprint density at radius 1 is 1.19 bits per heavy atom. The lowest BCUT2D eigenvalue weighted by Gasteiger charge is -2.40.